The van der Waals surface area contributed by atoms with E-state index in [0.29, 0.717) is 30.5 Å². The number of hydrogen-bond acceptors (Lipinski definition) is 10. The molecule has 0 aliphatic carbocycles. The van der Waals surface area contributed by atoms with E-state index in [4.69, 9.17) is 21.1 Å². The van der Waals surface area contributed by atoms with Crippen LogP contribution in [-0.2, 0) is 21.4 Å². The third-order valence-electron chi connectivity index (χ3n) is 7.26. The van der Waals surface area contributed by atoms with E-state index < -0.39 is 22.1 Å². The van der Waals surface area contributed by atoms with Gasteiger partial charge in [-0.25, -0.2) is 27.9 Å². The van der Waals surface area contributed by atoms with Gasteiger partial charge in [-0.1, -0.05) is 35.9 Å². The molecule has 0 saturated carbocycles. The van der Waals surface area contributed by atoms with Gasteiger partial charge in [-0.15, -0.1) is 0 Å². The summed E-state index contributed by atoms with van der Waals surface area (Å²) in [6, 6.07) is 13.3. The normalized spacial score (nSPS) is 16.2. The lowest BCUT2D eigenvalue weighted by atomic mass is 10.1. The second kappa shape index (κ2) is 13.0. The van der Waals surface area contributed by atoms with Gasteiger partial charge in [0.05, 0.1) is 10.9 Å². The third kappa shape index (κ3) is 7.10. The summed E-state index contributed by atoms with van der Waals surface area (Å²) in [6.07, 6.45) is 4.77. The van der Waals surface area contributed by atoms with Crippen molar-refractivity contribution in [3.05, 3.63) is 84.0 Å². The number of aromatic nitrogens is 4. The molecule has 1 unspecified atom stereocenters. The number of halogens is 1. The Hall–Kier alpha value is -4.89. The molecule has 14 nitrogen and oxygen atoms in total. The Bertz CT molecular complexity index is 1790. The van der Waals surface area contributed by atoms with E-state index in [1.54, 1.807) is 47.3 Å². The van der Waals surface area contributed by atoms with Crippen LogP contribution in [0.25, 0.3) is 5.95 Å². The number of piperazine rings is 1. The van der Waals surface area contributed by atoms with Crippen molar-refractivity contribution in [3.8, 4) is 17.4 Å². The van der Waals surface area contributed by atoms with E-state index in [0.717, 1.165) is 5.56 Å². The number of anilines is 1. The molecule has 45 heavy (non-hydrogen) atoms. The smallest absolute Gasteiger partial charge is 0.331 e. The standard InChI is InChI=1S/C29H29ClN8O6S/c30-25-16-26(34-28(33-25)37-9-8-31-19-37)38-11-10-36(29(40)35-45(41,42)22-4-2-1-3-5-22)18-21(38)15-27(39)32-17-20-6-7-23-24(14-20)44-13-12-43-23/h1-9,14,16,19,21H,10-13,15,17-18H2,(H,32,39)(H,35,40). The van der Waals surface area contributed by atoms with E-state index in [2.05, 4.69) is 25.0 Å². The highest BCUT2D eigenvalue weighted by Crippen LogP contribution is 2.31. The highest BCUT2D eigenvalue weighted by Gasteiger charge is 2.34. The second-order valence-corrected chi connectivity index (χ2v) is 12.4. The first-order valence-electron chi connectivity index (χ1n) is 14.1. The Balaban J connectivity index is 1.20. The average Bonchev–Trinajstić information content (AvgIpc) is 3.59. The number of benzene rings is 2. The first-order valence-corrected chi connectivity index (χ1v) is 15.9. The molecule has 2 aromatic carbocycles. The van der Waals surface area contributed by atoms with Gasteiger partial charge in [0.2, 0.25) is 11.9 Å². The van der Waals surface area contributed by atoms with Crippen molar-refractivity contribution in [2.45, 2.75) is 23.9 Å². The van der Waals surface area contributed by atoms with Crippen LogP contribution in [0.4, 0.5) is 10.6 Å². The van der Waals surface area contributed by atoms with Crippen molar-refractivity contribution in [2.24, 2.45) is 0 Å². The Kier molecular flexibility index (Phi) is 8.71. The Labute approximate surface area is 264 Å². The maximum Gasteiger partial charge on any atom is 0.331 e. The number of sulfonamides is 1. The van der Waals surface area contributed by atoms with Crippen LogP contribution in [-0.4, -0.2) is 83.7 Å². The van der Waals surface area contributed by atoms with Gasteiger partial charge in [0.25, 0.3) is 10.0 Å². The van der Waals surface area contributed by atoms with Crippen LogP contribution >= 0.6 is 11.6 Å². The fourth-order valence-electron chi connectivity index (χ4n) is 5.07. The number of hydrogen-bond donors (Lipinski definition) is 2. The predicted molar refractivity (Wildman–Crippen MR) is 163 cm³/mol. The summed E-state index contributed by atoms with van der Waals surface area (Å²) < 4.78 is 40.6. The first kappa shape index (κ1) is 30.1. The minimum absolute atomic E-state index is 0.0260. The Morgan fingerprint density at radius 2 is 1.80 bits per heavy atom. The van der Waals surface area contributed by atoms with Crippen LogP contribution in [0.2, 0.25) is 5.15 Å². The number of ether oxygens (including phenoxy) is 2. The van der Waals surface area contributed by atoms with Gasteiger partial charge in [-0.2, -0.15) is 4.98 Å². The number of nitrogens with one attached hydrogen (secondary N) is 2. The highest BCUT2D eigenvalue weighted by atomic mass is 35.5. The molecular weight excluding hydrogens is 624 g/mol. The molecule has 4 heterocycles. The molecule has 0 spiro atoms. The van der Waals surface area contributed by atoms with Crippen LogP contribution in [0, 0.1) is 0 Å². The van der Waals surface area contributed by atoms with Gasteiger partial charge < -0.3 is 24.6 Å². The van der Waals surface area contributed by atoms with Crippen molar-refractivity contribution in [1.29, 1.82) is 0 Å². The maximum atomic E-state index is 13.3. The summed E-state index contributed by atoms with van der Waals surface area (Å²) in [7, 11) is -4.10. The minimum atomic E-state index is -4.10. The third-order valence-corrected chi connectivity index (χ3v) is 8.79. The highest BCUT2D eigenvalue weighted by molar-refractivity contribution is 7.90. The van der Waals surface area contributed by atoms with Gasteiger partial charge >= 0.3 is 6.03 Å². The van der Waals surface area contributed by atoms with Gasteiger partial charge in [0.15, 0.2) is 11.5 Å². The van der Waals surface area contributed by atoms with Crippen molar-refractivity contribution < 1.29 is 27.5 Å². The molecule has 16 heteroatoms. The largest absolute Gasteiger partial charge is 0.486 e. The molecule has 2 N–H and O–H groups in total. The monoisotopic (exact) mass is 652 g/mol. The van der Waals surface area contributed by atoms with E-state index in [-0.39, 0.29) is 54.5 Å². The second-order valence-electron chi connectivity index (χ2n) is 10.3. The summed E-state index contributed by atoms with van der Waals surface area (Å²) in [6.45, 7) is 1.62. The number of amides is 3. The molecule has 6 rings (SSSR count). The number of imidazole rings is 1. The number of rotatable bonds is 8. The molecule has 234 valence electrons. The van der Waals surface area contributed by atoms with Crippen LogP contribution in [0.1, 0.15) is 12.0 Å². The van der Waals surface area contributed by atoms with E-state index >= 15 is 0 Å². The van der Waals surface area contributed by atoms with Gasteiger partial charge in [-0.3, -0.25) is 9.36 Å². The lowest BCUT2D eigenvalue weighted by molar-refractivity contribution is -0.121. The summed E-state index contributed by atoms with van der Waals surface area (Å²) in [4.78, 5) is 42.6. The Morgan fingerprint density at radius 1 is 1.00 bits per heavy atom. The zero-order valence-corrected chi connectivity index (χ0v) is 25.4. The zero-order chi connectivity index (χ0) is 31.4. The molecule has 1 fully saturated rings. The Morgan fingerprint density at radius 3 is 2.58 bits per heavy atom. The quantitative estimate of drug-likeness (QED) is 0.271. The topological polar surface area (TPSA) is 161 Å². The molecule has 2 aliphatic rings. The molecule has 2 aliphatic heterocycles. The number of nitrogens with zero attached hydrogens (tertiary/aromatic N) is 6. The maximum absolute atomic E-state index is 13.3. The zero-order valence-electron chi connectivity index (χ0n) is 23.9. The van der Waals surface area contributed by atoms with Crippen LogP contribution in [0.5, 0.6) is 11.5 Å². The molecule has 4 aromatic rings. The number of urea groups is 1. The van der Waals surface area contributed by atoms with Gasteiger partial charge in [0.1, 0.15) is 30.5 Å². The van der Waals surface area contributed by atoms with Crippen molar-refractivity contribution in [1.82, 2.24) is 34.5 Å². The minimum Gasteiger partial charge on any atom is -0.486 e. The molecule has 0 bridgehead atoms. The summed E-state index contributed by atoms with van der Waals surface area (Å²) in [5.41, 5.74) is 0.827. The molecular formula is C29H29ClN8O6S. The summed E-state index contributed by atoms with van der Waals surface area (Å²) >= 11 is 6.37. The number of fused-ring (bicyclic) bond motifs is 1. The number of carbonyl (C=O) groups is 2. The number of carbonyl (C=O) groups excluding carboxylic acids is 2. The van der Waals surface area contributed by atoms with Gasteiger partial charge in [-0.05, 0) is 29.8 Å². The SMILES string of the molecule is O=C(CC1CN(C(=O)NS(=O)(=O)c2ccccc2)CCN1c1cc(Cl)nc(-n2ccnc2)n1)NCc1ccc2c(c1)OCCO2. The molecule has 3 amide bonds. The summed E-state index contributed by atoms with van der Waals surface area (Å²) in [5.74, 6) is 1.72. The predicted octanol–water partition coefficient (Wildman–Crippen LogP) is 2.38. The molecule has 1 saturated heterocycles. The van der Waals surface area contributed by atoms with Crippen LogP contribution in [0.15, 0.2) is 78.2 Å². The fourth-order valence-corrected chi connectivity index (χ4v) is 6.24. The van der Waals surface area contributed by atoms with Crippen molar-refractivity contribution in [3.63, 3.8) is 0 Å². The van der Waals surface area contributed by atoms with Crippen molar-refractivity contribution >= 4 is 39.4 Å². The fraction of sp³-hybridized carbons (Fsp3) is 0.276. The lowest BCUT2D eigenvalue weighted by Crippen LogP contribution is -2.58. The van der Waals surface area contributed by atoms with Gasteiger partial charge in [0, 0.05) is 51.1 Å². The van der Waals surface area contributed by atoms with Crippen LogP contribution < -0.4 is 24.4 Å². The average molecular weight is 653 g/mol. The molecule has 1 atom stereocenters. The summed E-state index contributed by atoms with van der Waals surface area (Å²) in [5, 5.41) is 3.11. The van der Waals surface area contributed by atoms with Crippen LogP contribution in [0.3, 0.4) is 0 Å². The lowest BCUT2D eigenvalue weighted by Gasteiger charge is -2.41. The van der Waals surface area contributed by atoms with E-state index in [1.165, 1.54) is 23.4 Å². The first-order chi connectivity index (χ1) is 21.7. The van der Waals surface area contributed by atoms with Crippen molar-refractivity contribution in [2.75, 3.05) is 37.7 Å². The van der Waals surface area contributed by atoms with E-state index in [1.807, 2.05) is 17.0 Å². The molecule has 0 radical (unpaired) electrons. The molecule has 2 aromatic heterocycles. The van der Waals surface area contributed by atoms with E-state index in [9.17, 15) is 18.0 Å².